The van der Waals surface area contributed by atoms with Crippen LogP contribution in [-0.4, -0.2) is 24.9 Å². The number of nitrogens with one attached hydrogen (secondary N) is 1. The summed E-state index contributed by atoms with van der Waals surface area (Å²) in [5.74, 6) is -0.826. The van der Waals surface area contributed by atoms with Crippen molar-refractivity contribution in [1.29, 1.82) is 0 Å². The first kappa shape index (κ1) is 13.1. The molecule has 2 fully saturated rings. The van der Waals surface area contributed by atoms with Crippen molar-refractivity contribution in [3.05, 3.63) is 0 Å². The molecule has 0 radical (unpaired) electrons. The molecule has 1 aliphatic heterocycles. The number of halogens is 4. The van der Waals surface area contributed by atoms with E-state index in [0.717, 1.165) is 12.8 Å². The van der Waals surface area contributed by atoms with Gasteiger partial charge in [0.05, 0.1) is 5.92 Å². The Labute approximate surface area is 99.0 Å². The fourth-order valence-corrected chi connectivity index (χ4v) is 3.04. The van der Waals surface area contributed by atoms with Gasteiger partial charge in [0.2, 0.25) is 0 Å². The quantitative estimate of drug-likeness (QED) is 0.706. The van der Waals surface area contributed by atoms with Crippen LogP contribution < -0.4 is 5.32 Å². The molecule has 1 aliphatic carbocycles. The molecule has 2 rings (SSSR count). The lowest BCUT2D eigenvalue weighted by Crippen LogP contribution is -2.48. The van der Waals surface area contributed by atoms with Crippen molar-refractivity contribution in [1.82, 2.24) is 5.32 Å². The Morgan fingerprint density at radius 1 is 0.882 bits per heavy atom. The van der Waals surface area contributed by atoms with Gasteiger partial charge in [-0.05, 0) is 44.4 Å². The topological polar surface area (TPSA) is 12.0 Å². The van der Waals surface area contributed by atoms with Crippen molar-refractivity contribution in [3.63, 3.8) is 0 Å². The van der Waals surface area contributed by atoms with E-state index in [1.807, 2.05) is 0 Å². The van der Waals surface area contributed by atoms with Crippen molar-refractivity contribution in [2.45, 2.75) is 56.9 Å². The van der Waals surface area contributed by atoms with Crippen molar-refractivity contribution in [2.24, 2.45) is 11.8 Å². The fraction of sp³-hybridized carbons (Fsp3) is 1.00. The second-order valence-electron chi connectivity index (χ2n) is 5.34. The van der Waals surface area contributed by atoms with Crippen LogP contribution in [0.25, 0.3) is 0 Å². The molecule has 1 saturated carbocycles. The summed E-state index contributed by atoms with van der Waals surface area (Å²) < 4.78 is 50.4. The molecule has 1 nitrogen and oxygen atoms in total. The van der Waals surface area contributed by atoms with Gasteiger partial charge in [0.1, 0.15) is 6.17 Å². The highest BCUT2D eigenvalue weighted by molar-refractivity contribution is 4.88. The number of piperidine rings is 1. The largest absolute Gasteiger partial charge is 0.393 e. The van der Waals surface area contributed by atoms with E-state index < -0.39 is 18.3 Å². The van der Waals surface area contributed by atoms with Crippen LogP contribution in [0, 0.1) is 11.8 Å². The Morgan fingerprint density at radius 2 is 1.53 bits per heavy atom. The van der Waals surface area contributed by atoms with E-state index in [0.29, 0.717) is 25.2 Å². The summed E-state index contributed by atoms with van der Waals surface area (Å²) in [5, 5.41) is 3.02. The van der Waals surface area contributed by atoms with Crippen LogP contribution in [0.1, 0.15) is 38.5 Å². The lowest BCUT2D eigenvalue weighted by Gasteiger charge is -2.37. The Bertz CT molecular complexity index is 237. The van der Waals surface area contributed by atoms with E-state index in [4.69, 9.17) is 0 Å². The molecule has 2 atom stereocenters. The molecule has 2 unspecified atom stereocenters. The first-order chi connectivity index (χ1) is 7.97. The predicted molar refractivity (Wildman–Crippen MR) is 57.4 cm³/mol. The van der Waals surface area contributed by atoms with Crippen LogP contribution in [0.5, 0.6) is 0 Å². The van der Waals surface area contributed by atoms with E-state index >= 15 is 0 Å². The highest BCUT2D eigenvalue weighted by atomic mass is 19.4. The maximum atomic E-state index is 13.0. The third kappa shape index (κ3) is 3.33. The Balaban J connectivity index is 1.79. The third-order valence-electron chi connectivity index (χ3n) is 4.19. The lowest BCUT2D eigenvalue weighted by atomic mass is 9.79. The van der Waals surface area contributed by atoms with E-state index in [9.17, 15) is 17.6 Å². The summed E-state index contributed by atoms with van der Waals surface area (Å²) in [4.78, 5) is 0. The molecule has 0 amide bonds. The van der Waals surface area contributed by atoms with Crippen LogP contribution in [0.4, 0.5) is 17.6 Å². The first-order valence-corrected chi connectivity index (χ1v) is 6.41. The van der Waals surface area contributed by atoms with Gasteiger partial charge in [-0.25, -0.2) is 4.39 Å². The van der Waals surface area contributed by atoms with Gasteiger partial charge >= 0.3 is 6.18 Å². The van der Waals surface area contributed by atoms with Crippen LogP contribution >= 0.6 is 0 Å². The second-order valence-corrected chi connectivity index (χ2v) is 5.34. The molecule has 1 saturated heterocycles. The monoisotopic (exact) mass is 253 g/mol. The maximum absolute atomic E-state index is 13.0. The molecule has 0 aromatic carbocycles. The van der Waals surface area contributed by atoms with Crippen LogP contribution in [0.3, 0.4) is 0 Å². The van der Waals surface area contributed by atoms with E-state index in [2.05, 4.69) is 5.32 Å². The molecule has 2 aliphatic rings. The van der Waals surface area contributed by atoms with Gasteiger partial charge in [-0.1, -0.05) is 0 Å². The lowest BCUT2D eigenvalue weighted by molar-refractivity contribution is -0.180. The third-order valence-corrected chi connectivity index (χ3v) is 4.19. The summed E-state index contributed by atoms with van der Waals surface area (Å²) in [5.41, 5.74) is 0. The van der Waals surface area contributed by atoms with Gasteiger partial charge in [-0.2, -0.15) is 13.2 Å². The predicted octanol–water partition coefficient (Wildman–Crippen LogP) is 3.45. The molecule has 1 heterocycles. The van der Waals surface area contributed by atoms with Gasteiger partial charge in [0.15, 0.2) is 0 Å². The zero-order valence-electron chi connectivity index (χ0n) is 9.77. The average Bonchev–Trinajstić information content (AvgIpc) is 2.29. The van der Waals surface area contributed by atoms with Crippen molar-refractivity contribution >= 4 is 0 Å². The first-order valence-electron chi connectivity index (χ1n) is 6.41. The van der Waals surface area contributed by atoms with Gasteiger partial charge < -0.3 is 5.32 Å². The SMILES string of the molecule is FC1CCC(C2CCC(C(F)(F)F)CN2)CC1. The minimum atomic E-state index is -4.07. The van der Waals surface area contributed by atoms with Crippen molar-refractivity contribution in [2.75, 3.05) is 6.54 Å². The van der Waals surface area contributed by atoms with E-state index in [1.165, 1.54) is 0 Å². The smallest absolute Gasteiger partial charge is 0.313 e. The molecular formula is C12H19F4N. The normalized spacial score (nSPS) is 40.2. The zero-order chi connectivity index (χ0) is 12.5. The number of rotatable bonds is 1. The Kier molecular flexibility index (Phi) is 3.95. The van der Waals surface area contributed by atoms with Gasteiger partial charge in [0, 0.05) is 12.6 Å². The second kappa shape index (κ2) is 5.12. The zero-order valence-corrected chi connectivity index (χ0v) is 9.77. The molecule has 100 valence electrons. The molecular weight excluding hydrogens is 234 g/mol. The van der Waals surface area contributed by atoms with Crippen molar-refractivity contribution in [3.8, 4) is 0 Å². The van der Waals surface area contributed by atoms with E-state index in [1.54, 1.807) is 0 Å². The number of hydrogen-bond donors (Lipinski definition) is 1. The molecule has 0 aromatic rings. The summed E-state index contributed by atoms with van der Waals surface area (Å²) in [6.07, 6.45) is -1.20. The van der Waals surface area contributed by atoms with Gasteiger partial charge in [-0.15, -0.1) is 0 Å². The van der Waals surface area contributed by atoms with Gasteiger partial charge in [0.25, 0.3) is 0 Å². The molecule has 1 N–H and O–H groups in total. The fourth-order valence-electron chi connectivity index (χ4n) is 3.04. The molecule has 0 spiro atoms. The standard InChI is InChI=1S/C12H19F4N/c13-10-4-1-8(2-5-10)11-6-3-9(7-17-11)12(14,15)16/h8-11,17H,1-7H2. The molecule has 0 bridgehead atoms. The minimum Gasteiger partial charge on any atom is -0.313 e. The minimum absolute atomic E-state index is 0.0315. The Hall–Kier alpha value is -0.320. The Morgan fingerprint density at radius 3 is 2.00 bits per heavy atom. The summed E-state index contributed by atoms with van der Waals surface area (Å²) in [6.45, 7) is 0.0315. The summed E-state index contributed by atoms with van der Waals surface area (Å²) >= 11 is 0. The highest BCUT2D eigenvalue weighted by Crippen LogP contribution is 2.36. The van der Waals surface area contributed by atoms with E-state index in [-0.39, 0.29) is 19.0 Å². The highest BCUT2D eigenvalue weighted by Gasteiger charge is 2.42. The molecule has 5 heteroatoms. The maximum Gasteiger partial charge on any atom is 0.393 e. The summed E-state index contributed by atoms with van der Waals surface area (Å²) in [7, 11) is 0. The summed E-state index contributed by atoms with van der Waals surface area (Å²) in [6, 6.07) is 0.168. The van der Waals surface area contributed by atoms with Crippen LogP contribution in [0.2, 0.25) is 0 Å². The number of hydrogen-bond acceptors (Lipinski definition) is 1. The van der Waals surface area contributed by atoms with Gasteiger partial charge in [-0.3, -0.25) is 0 Å². The number of alkyl halides is 4. The van der Waals surface area contributed by atoms with Crippen molar-refractivity contribution < 1.29 is 17.6 Å². The molecule has 17 heavy (non-hydrogen) atoms. The van der Waals surface area contributed by atoms with Crippen LogP contribution in [-0.2, 0) is 0 Å². The molecule has 0 aromatic heterocycles. The average molecular weight is 253 g/mol. The van der Waals surface area contributed by atoms with Crippen LogP contribution in [0.15, 0.2) is 0 Å².